The molecule has 0 aliphatic rings. The van der Waals surface area contributed by atoms with Crippen molar-refractivity contribution in [3.05, 3.63) is 23.8 Å². The van der Waals surface area contributed by atoms with Crippen LogP contribution in [-0.4, -0.2) is 19.3 Å². The minimum atomic E-state index is 0.206. The number of rotatable bonds is 8. The number of hydrogen-bond acceptors (Lipinski definition) is 3. The summed E-state index contributed by atoms with van der Waals surface area (Å²) in [4.78, 5) is 0. The second-order valence-electron chi connectivity index (χ2n) is 5.01. The molecule has 0 radical (unpaired) electrons. The van der Waals surface area contributed by atoms with Gasteiger partial charge in [-0.2, -0.15) is 0 Å². The topological polar surface area (TPSA) is 30.5 Å². The van der Waals surface area contributed by atoms with Crippen molar-refractivity contribution in [3.8, 4) is 11.5 Å². The van der Waals surface area contributed by atoms with Gasteiger partial charge in [0.05, 0.1) is 13.2 Å². The van der Waals surface area contributed by atoms with E-state index in [2.05, 4.69) is 39.1 Å². The van der Waals surface area contributed by atoms with Crippen molar-refractivity contribution in [1.29, 1.82) is 0 Å². The summed E-state index contributed by atoms with van der Waals surface area (Å²) in [5.74, 6) is 1.63. The summed E-state index contributed by atoms with van der Waals surface area (Å²) in [7, 11) is 1.69. The third kappa shape index (κ3) is 5.11. The summed E-state index contributed by atoms with van der Waals surface area (Å²) in [6.45, 7) is 9.41. The summed E-state index contributed by atoms with van der Waals surface area (Å²) in [5.41, 5.74) is 1.22. The van der Waals surface area contributed by atoms with Crippen molar-refractivity contribution >= 4 is 0 Å². The first-order chi connectivity index (χ1) is 9.10. The third-order valence-corrected chi connectivity index (χ3v) is 3.40. The molecule has 0 bridgehead atoms. The second-order valence-corrected chi connectivity index (χ2v) is 5.01. The van der Waals surface area contributed by atoms with Crippen LogP contribution in [0.1, 0.15) is 46.1 Å². The molecule has 1 N–H and O–H groups in total. The minimum absolute atomic E-state index is 0.206. The number of benzene rings is 1. The number of ether oxygens (including phenoxy) is 2. The van der Waals surface area contributed by atoms with Gasteiger partial charge in [0, 0.05) is 12.6 Å². The summed E-state index contributed by atoms with van der Waals surface area (Å²) in [6.07, 6.45) is 2.32. The molecule has 0 unspecified atom stereocenters. The van der Waals surface area contributed by atoms with Crippen LogP contribution in [0.25, 0.3) is 0 Å². The average molecular weight is 265 g/mol. The first-order valence-corrected chi connectivity index (χ1v) is 7.17. The quantitative estimate of drug-likeness (QED) is 0.776. The van der Waals surface area contributed by atoms with Gasteiger partial charge in [0.15, 0.2) is 11.5 Å². The molecule has 1 rings (SSSR count). The fourth-order valence-corrected chi connectivity index (χ4v) is 1.66. The van der Waals surface area contributed by atoms with E-state index in [1.165, 1.54) is 5.56 Å². The Balaban J connectivity index is 2.72. The highest BCUT2D eigenvalue weighted by atomic mass is 16.5. The Morgan fingerprint density at radius 1 is 1.11 bits per heavy atom. The van der Waals surface area contributed by atoms with E-state index in [-0.39, 0.29) is 6.10 Å². The Morgan fingerprint density at radius 3 is 2.42 bits per heavy atom. The van der Waals surface area contributed by atoms with Crippen molar-refractivity contribution in [2.24, 2.45) is 0 Å². The van der Waals surface area contributed by atoms with Crippen LogP contribution >= 0.6 is 0 Å². The predicted molar refractivity (Wildman–Crippen MR) is 80.0 cm³/mol. The molecule has 0 aromatic heterocycles. The molecule has 1 aromatic carbocycles. The van der Waals surface area contributed by atoms with Gasteiger partial charge in [-0.05, 0) is 44.4 Å². The van der Waals surface area contributed by atoms with Crippen molar-refractivity contribution < 1.29 is 9.47 Å². The molecule has 0 saturated heterocycles. The van der Waals surface area contributed by atoms with Gasteiger partial charge in [-0.25, -0.2) is 0 Å². The van der Waals surface area contributed by atoms with E-state index in [0.717, 1.165) is 30.9 Å². The van der Waals surface area contributed by atoms with Crippen LogP contribution in [0.5, 0.6) is 11.5 Å². The maximum Gasteiger partial charge on any atom is 0.161 e. The van der Waals surface area contributed by atoms with E-state index >= 15 is 0 Å². The molecule has 3 heteroatoms. The first-order valence-electron chi connectivity index (χ1n) is 7.17. The first kappa shape index (κ1) is 15.8. The van der Waals surface area contributed by atoms with Crippen LogP contribution in [0.3, 0.4) is 0 Å². The molecular weight excluding hydrogens is 238 g/mol. The van der Waals surface area contributed by atoms with Crippen LogP contribution in [0.2, 0.25) is 0 Å². The lowest BCUT2D eigenvalue weighted by Gasteiger charge is -2.17. The van der Waals surface area contributed by atoms with Crippen LogP contribution < -0.4 is 14.8 Å². The fourth-order valence-electron chi connectivity index (χ4n) is 1.66. The van der Waals surface area contributed by atoms with Gasteiger partial charge in [0.1, 0.15) is 0 Å². The van der Waals surface area contributed by atoms with Crippen LogP contribution in [0, 0.1) is 0 Å². The minimum Gasteiger partial charge on any atom is -0.493 e. The number of methoxy groups -OCH3 is 1. The Labute approximate surface area is 117 Å². The number of nitrogens with one attached hydrogen (secondary N) is 1. The molecular formula is C16H27NO2. The lowest BCUT2D eigenvalue weighted by atomic mass is 10.1. The van der Waals surface area contributed by atoms with Gasteiger partial charge in [-0.1, -0.05) is 19.9 Å². The normalized spacial score (nSPS) is 13.9. The highest BCUT2D eigenvalue weighted by molar-refractivity contribution is 5.43. The van der Waals surface area contributed by atoms with Gasteiger partial charge in [0.25, 0.3) is 0 Å². The van der Waals surface area contributed by atoms with E-state index in [1.807, 2.05) is 12.1 Å². The van der Waals surface area contributed by atoms with E-state index in [4.69, 9.17) is 9.47 Å². The van der Waals surface area contributed by atoms with Crippen molar-refractivity contribution in [2.75, 3.05) is 7.11 Å². The summed E-state index contributed by atoms with van der Waals surface area (Å²) >= 11 is 0. The monoisotopic (exact) mass is 265 g/mol. The molecule has 0 aliphatic carbocycles. The van der Waals surface area contributed by atoms with Gasteiger partial charge in [-0.3, -0.25) is 0 Å². The Morgan fingerprint density at radius 2 is 1.84 bits per heavy atom. The van der Waals surface area contributed by atoms with Crippen LogP contribution in [-0.2, 0) is 6.54 Å². The van der Waals surface area contributed by atoms with E-state index < -0.39 is 0 Å². The lowest BCUT2D eigenvalue weighted by molar-refractivity contribution is 0.207. The summed E-state index contributed by atoms with van der Waals surface area (Å²) in [6, 6.07) is 6.67. The lowest BCUT2D eigenvalue weighted by Crippen LogP contribution is -2.24. The van der Waals surface area contributed by atoms with Crippen LogP contribution in [0.4, 0.5) is 0 Å². The van der Waals surface area contributed by atoms with Gasteiger partial charge in [-0.15, -0.1) is 0 Å². The fraction of sp³-hybridized carbons (Fsp3) is 0.625. The Bertz CT molecular complexity index is 379. The van der Waals surface area contributed by atoms with E-state index in [9.17, 15) is 0 Å². The largest absolute Gasteiger partial charge is 0.493 e. The molecule has 19 heavy (non-hydrogen) atoms. The summed E-state index contributed by atoms with van der Waals surface area (Å²) < 4.78 is 11.3. The maximum absolute atomic E-state index is 5.84. The molecule has 0 fully saturated rings. The zero-order valence-corrected chi connectivity index (χ0v) is 12.8. The Kier molecular flexibility index (Phi) is 6.71. The molecule has 0 heterocycles. The maximum atomic E-state index is 5.84. The van der Waals surface area contributed by atoms with Gasteiger partial charge in [0.2, 0.25) is 0 Å². The average Bonchev–Trinajstić information content (AvgIpc) is 2.45. The Hall–Kier alpha value is -1.22. The molecule has 0 aliphatic heterocycles. The van der Waals surface area contributed by atoms with Crippen molar-refractivity contribution in [3.63, 3.8) is 0 Å². The van der Waals surface area contributed by atoms with Crippen molar-refractivity contribution in [2.45, 2.75) is 59.2 Å². The smallest absolute Gasteiger partial charge is 0.161 e. The van der Waals surface area contributed by atoms with Gasteiger partial charge < -0.3 is 14.8 Å². The third-order valence-electron chi connectivity index (χ3n) is 3.40. The molecule has 1 aromatic rings. The van der Waals surface area contributed by atoms with Crippen molar-refractivity contribution in [1.82, 2.24) is 5.32 Å². The van der Waals surface area contributed by atoms with E-state index in [1.54, 1.807) is 7.11 Å². The molecule has 0 amide bonds. The second kappa shape index (κ2) is 8.05. The standard InChI is InChI=1S/C16H27NO2/c1-6-12(3)17-11-14-8-9-15(16(10-14)18-5)19-13(4)7-2/h8-10,12-13,17H,6-7,11H2,1-5H3/t12-,13-/m1/s1. The molecule has 2 atom stereocenters. The van der Waals surface area contributed by atoms with Gasteiger partial charge >= 0.3 is 0 Å². The van der Waals surface area contributed by atoms with E-state index in [0.29, 0.717) is 6.04 Å². The SMILES string of the molecule is CC[C@@H](C)NCc1ccc(O[C@H](C)CC)c(OC)c1. The number of hydrogen-bond donors (Lipinski definition) is 1. The zero-order valence-electron chi connectivity index (χ0n) is 12.8. The highest BCUT2D eigenvalue weighted by Crippen LogP contribution is 2.29. The summed E-state index contributed by atoms with van der Waals surface area (Å²) in [5, 5.41) is 3.47. The predicted octanol–water partition coefficient (Wildman–Crippen LogP) is 3.76. The zero-order chi connectivity index (χ0) is 14.3. The molecule has 3 nitrogen and oxygen atoms in total. The molecule has 0 spiro atoms. The van der Waals surface area contributed by atoms with Crippen LogP contribution in [0.15, 0.2) is 18.2 Å². The molecule has 108 valence electrons. The highest BCUT2D eigenvalue weighted by Gasteiger charge is 2.09. The molecule has 0 saturated carbocycles.